The number of benzene rings is 1. The molecule has 2 aromatic heterocycles. The van der Waals surface area contributed by atoms with Crippen LogP contribution in [0.2, 0.25) is 0 Å². The highest BCUT2D eigenvalue weighted by atomic mass is 16.5. The van der Waals surface area contributed by atoms with Crippen LogP contribution in [0, 0.1) is 0 Å². The van der Waals surface area contributed by atoms with Gasteiger partial charge in [-0.2, -0.15) is 5.10 Å². The first-order valence-electron chi connectivity index (χ1n) is 9.47. The summed E-state index contributed by atoms with van der Waals surface area (Å²) in [5, 5.41) is 10.1. The van der Waals surface area contributed by atoms with Crippen LogP contribution in [0.4, 0.5) is 11.6 Å². The van der Waals surface area contributed by atoms with Gasteiger partial charge in [-0.25, -0.2) is 0 Å². The maximum Gasteiger partial charge on any atom is 0.230 e. The lowest BCUT2D eigenvalue weighted by Crippen LogP contribution is -2.25. The first-order valence-corrected chi connectivity index (χ1v) is 9.47. The van der Waals surface area contributed by atoms with Gasteiger partial charge in [0, 0.05) is 13.5 Å². The van der Waals surface area contributed by atoms with E-state index in [1.54, 1.807) is 24.1 Å². The lowest BCUT2D eigenvalue weighted by Gasteiger charge is -2.22. The van der Waals surface area contributed by atoms with E-state index in [0.29, 0.717) is 24.0 Å². The number of ether oxygens (including phenoxy) is 1. The topological polar surface area (TPSA) is 98.4 Å². The van der Waals surface area contributed by atoms with Crippen molar-refractivity contribution in [1.82, 2.24) is 9.78 Å². The van der Waals surface area contributed by atoms with Gasteiger partial charge in [0.1, 0.15) is 17.3 Å². The van der Waals surface area contributed by atoms with Crippen LogP contribution in [0.25, 0.3) is 0 Å². The predicted molar refractivity (Wildman–Crippen MR) is 107 cm³/mol. The Morgan fingerprint density at radius 2 is 2.14 bits per heavy atom. The van der Waals surface area contributed by atoms with E-state index in [2.05, 4.69) is 15.7 Å². The van der Waals surface area contributed by atoms with Crippen LogP contribution >= 0.6 is 0 Å². The van der Waals surface area contributed by atoms with Crippen molar-refractivity contribution in [3.63, 3.8) is 0 Å². The lowest BCUT2D eigenvalue weighted by atomic mass is 9.91. The normalized spacial score (nSPS) is 15.5. The van der Waals surface area contributed by atoms with Crippen molar-refractivity contribution in [3.05, 3.63) is 59.5 Å². The minimum absolute atomic E-state index is 0.117. The molecule has 8 heteroatoms. The zero-order chi connectivity index (χ0) is 20.4. The van der Waals surface area contributed by atoms with Crippen molar-refractivity contribution in [1.29, 1.82) is 0 Å². The number of nitrogens with zero attached hydrogens (tertiary/aromatic N) is 2. The number of furan rings is 1. The van der Waals surface area contributed by atoms with Crippen molar-refractivity contribution in [2.45, 2.75) is 25.7 Å². The molecule has 1 aromatic carbocycles. The third-order valence-electron chi connectivity index (χ3n) is 4.82. The van der Waals surface area contributed by atoms with E-state index in [1.165, 1.54) is 0 Å². The highest BCUT2D eigenvalue weighted by Crippen LogP contribution is 2.41. The molecular weight excluding hydrogens is 372 g/mol. The fourth-order valence-corrected chi connectivity index (χ4v) is 3.55. The van der Waals surface area contributed by atoms with E-state index in [9.17, 15) is 9.59 Å². The number of fused-ring (bicyclic) bond motifs is 1. The molecule has 0 radical (unpaired) electrons. The molecule has 0 saturated heterocycles. The Hall–Kier alpha value is -3.55. The van der Waals surface area contributed by atoms with Crippen molar-refractivity contribution < 1.29 is 18.7 Å². The predicted octanol–water partition coefficient (Wildman–Crippen LogP) is 3.07. The van der Waals surface area contributed by atoms with E-state index in [-0.39, 0.29) is 30.6 Å². The Kier molecular flexibility index (Phi) is 5.07. The largest absolute Gasteiger partial charge is 0.494 e. The van der Waals surface area contributed by atoms with E-state index in [4.69, 9.17) is 9.15 Å². The Labute approximate surface area is 167 Å². The fourth-order valence-electron chi connectivity index (χ4n) is 3.55. The maximum absolute atomic E-state index is 12.6. The molecule has 3 heterocycles. The number of hydrogen-bond donors (Lipinski definition) is 2. The van der Waals surface area contributed by atoms with Gasteiger partial charge in [0.05, 0.1) is 30.8 Å². The number of amides is 2. The van der Waals surface area contributed by atoms with Crippen LogP contribution < -0.4 is 15.4 Å². The molecule has 0 unspecified atom stereocenters. The molecule has 2 N–H and O–H groups in total. The number of anilines is 2. The Bertz CT molecular complexity index is 1020. The van der Waals surface area contributed by atoms with Gasteiger partial charge in [-0.05, 0) is 36.8 Å². The van der Waals surface area contributed by atoms with Crippen LogP contribution in [0.15, 0.2) is 47.1 Å². The molecule has 0 aliphatic carbocycles. The number of carbonyl (C=O) groups excluding carboxylic acids is 2. The minimum atomic E-state index is -0.303. The average molecular weight is 394 g/mol. The Morgan fingerprint density at radius 1 is 1.34 bits per heavy atom. The third kappa shape index (κ3) is 3.87. The number of aromatic nitrogens is 2. The molecule has 2 amide bonds. The molecule has 0 fully saturated rings. The summed E-state index contributed by atoms with van der Waals surface area (Å²) in [6, 6.07) is 11.0. The number of carbonyl (C=O) groups is 2. The van der Waals surface area contributed by atoms with E-state index in [0.717, 1.165) is 16.9 Å². The first-order chi connectivity index (χ1) is 14.0. The molecule has 29 heavy (non-hydrogen) atoms. The Morgan fingerprint density at radius 3 is 2.83 bits per heavy atom. The fraction of sp³-hybridized carbons (Fsp3) is 0.286. The van der Waals surface area contributed by atoms with Gasteiger partial charge >= 0.3 is 0 Å². The van der Waals surface area contributed by atoms with Crippen LogP contribution in [0.1, 0.15) is 36.1 Å². The monoisotopic (exact) mass is 394 g/mol. The molecule has 4 rings (SSSR count). The average Bonchev–Trinajstić information content (AvgIpc) is 3.32. The van der Waals surface area contributed by atoms with Gasteiger partial charge in [0.25, 0.3) is 0 Å². The van der Waals surface area contributed by atoms with E-state index in [1.807, 2.05) is 37.3 Å². The third-order valence-corrected chi connectivity index (χ3v) is 4.82. The van der Waals surface area contributed by atoms with Crippen LogP contribution in [0.3, 0.4) is 0 Å². The summed E-state index contributed by atoms with van der Waals surface area (Å²) in [5.41, 5.74) is 1.62. The summed E-state index contributed by atoms with van der Waals surface area (Å²) in [5.74, 6) is 1.82. The molecule has 0 bridgehead atoms. The minimum Gasteiger partial charge on any atom is -0.494 e. The van der Waals surface area contributed by atoms with Crippen molar-refractivity contribution in [2.24, 2.45) is 7.05 Å². The number of hydrogen-bond acceptors (Lipinski definition) is 5. The molecule has 1 aliphatic heterocycles. The molecule has 8 nitrogen and oxygen atoms in total. The molecule has 1 atom stereocenters. The smallest absolute Gasteiger partial charge is 0.230 e. The van der Waals surface area contributed by atoms with Gasteiger partial charge in [-0.15, -0.1) is 0 Å². The van der Waals surface area contributed by atoms with Gasteiger partial charge in [0.2, 0.25) is 11.8 Å². The molecule has 3 aromatic rings. The van der Waals surface area contributed by atoms with Gasteiger partial charge in [-0.1, -0.05) is 12.1 Å². The standard InChI is InChI=1S/C21H22N4O4/c1-3-28-14-8-6-13(7-9-14)11-17(26)22-20-19-15(16-5-4-10-29-16)12-18(27)23-21(19)25(2)24-20/h4-10,15H,3,11-12H2,1-2H3,(H,23,27)(H,22,24,26)/t15-/m0/s1. The lowest BCUT2D eigenvalue weighted by molar-refractivity contribution is -0.117. The summed E-state index contributed by atoms with van der Waals surface area (Å²) < 4.78 is 12.5. The highest BCUT2D eigenvalue weighted by Gasteiger charge is 2.34. The SMILES string of the molecule is CCOc1ccc(CC(=O)Nc2nn(C)c3c2[C@H](c2ccco2)CC(=O)N3)cc1. The van der Waals surface area contributed by atoms with Crippen LogP contribution in [0.5, 0.6) is 5.75 Å². The van der Waals surface area contributed by atoms with Gasteiger partial charge in [-0.3, -0.25) is 14.3 Å². The molecule has 0 spiro atoms. The van der Waals surface area contributed by atoms with Crippen LogP contribution in [-0.2, 0) is 23.1 Å². The van der Waals surface area contributed by atoms with Crippen molar-refractivity contribution in [2.75, 3.05) is 17.2 Å². The summed E-state index contributed by atoms with van der Waals surface area (Å²) in [7, 11) is 1.73. The van der Waals surface area contributed by atoms with Crippen molar-refractivity contribution in [3.8, 4) is 5.75 Å². The van der Waals surface area contributed by atoms with E-state index >= 15 is 0 Å². The quantitative estimate of drug-likeness (QED) is 0.670. The van der Waals surface area contributed by atoms with Crippen molar-refractivity contribution >= 4 is 23.5 Å². The molecule has 1 aliphatic rings. The second kappa shape index (κ2) is 7.83. The molecule has 0 saturated carbocycles. The highest BCUT2D eigenvalue weighted by molar-refractivity contribution is 5.98. The molecule has 150 valence electrons. The molecular formula is C21H22N4O4. The summed E-state index contributed by atoms with van der Waals surface area (Å²) >= 11 is 0. The Balaban J connectivity index is 1.56. The number of aryl methyl sites for hydroxylation is 1. The van der Waals surface area contributed by atoms with Gasteiger partial charge in [0.15, 0.2) is 5.82 Å². The van der Waals surface area contributed by atoms with Crippen LogP contribution in [-0.4, -0.2) is 28.2 Å². The number of rotatable bonds is 6. The maximum atomic E-state index is 12.6. The second-order valence-electron chi connectivity index (χ2n) is 6.86. The summed E-state index contributed by atoms with van der Waals surface area (Å²) in [6.07, 6.45) is 2.01. The summed E-state index contributed by atoms with van der Waals surface area (Å²) in [6.45, 7) is 2.52. The first kappa shape index (κ1) is 18.8. The number of nitrogens with one attached hydrogen (secondary N) is 2. The summed E-state index contributed by atoms with van der Waals surface area (Å²) in [4.78, 5) is 24.8. The van der Waals surface area contributed by atoms with Gasteiger partial charge < -0.3 is 19.8 Å². The van der Waals surface area contributed by atoms with E-state index < -0.39 is 0 Å². The zero-order valence-corrected chi connectivity index (χ0v) is 16.3. The zero-order valence-electron chi connectivity index (χ0n) is 16.3. The second-order valence-corrected chi connectivity index (χ2v) is 6.86.